The van der Waals surface area contributed by atoms with Crippen LogP contribution in [0.2, 0.25) is 0 Å². The number of nitrogens with zero attached hydrogens (tertiary/aromatic N) is 2. The molecule has 4 nitrogen and oxygen atoms in total. The first-order valence-electron chi connectivity index (χ1n) is 7.63. The monoisotopic (exact) mass is 286 g/mol. The van der Waals surface area contributed by atoms with Gasteiger partial charge in [-0.1, -0.05) is 24.3 Å². The molecule has 2 rings (SSSR count). The summed E-state index contributed by atoms with van der Waals surface area (Å²) in [6, 6.07) is 11.5. The van der Waals surface area contributed by atoms with E-state index < -0.39 is 0 Å². The summed E-state index contributed by atoms with van der Waals surface area (Å²) in [4.78, 5) is 13.4. The number of rotatable bonds is 6. The highest BCUT2D eigenvalue weighted by atomic mass is 16.1. The second kappa shape index (κ2) is 7.18. The lowest BCUT2D eigenvalue weighted by Crippen LogP contribution is -3.11. The van der Waals surface area contributed by atoms with Crippen molar-refractivity contribution in [1.82, 2.24) is 9.78 Å². The molecular weight excluding hydrogens is 262 g/mol. The van der Waals surface area contributed by atoms with E-state index in [-0.39, 0.29) is 5.56 Å². The smallest absolute Gasteiger partial charge is 0.266 e. The molecule has 0 fully saturated rings. The molecule has 0 saturated heterocycles. The Morgan fingerprint density at radius 2 is 1.81 bits per heavy atom. The van der Waals surface area contributed by atoms with Crippen molar-refractivity contribution < 1.29 is 4.90 Å². The SMILES string of the molecule is CC[NH+](CC)CCn1nc(-c2ccccc2C)ccc1=O. The predicted octanol–water partition coefficient (Wildman–Crippen LogP) is 1.14. The van der Waals surface area contributed by atoms with Gasteiger partial charge in [-0.2, -0.15) is 5.10 Å². The van der Waals surface area contributed by atoms with E-state index in [0.717, 1.165) is 30.9 Å². The van der Waals surface area contributed by atoms with E-state index in [1.165, 1.54) is 10.5 Å². The molecular formula is C17H24N3O+. The molecule has 2 aromatic rings. The number of nitrogens with one attached hydrogen (secondary N) is 1. The fourth-order valence-corrected chi connectivity index (χ4v) is 2.48. The lowest BCUT2D eigenvalue weighted by molar-refractivity contribution is -0.897. The lowest BCUT2D eigenvalue weighted by atomic mass is 10.1. The average molecular weight is 286 g/mol. The van der Waals surface area contributed by atoms with Crippen molar-refractivity contribution >= 4 is 0 Å². The Hall–Kier alpha value is -1.94. The van der Waals surface area contributed by atoms with Crippen molar-refractivity contribution in [3.63, 3.8) is 0 Å². The van der Waals surface area contributed by atoms with Crippen LogP contribution in [0, 0.1) is 6.92 Å². The van der Waals surface area contributed by atoms with Gasteiger partial charge in [0, 0.05) is 11.6 Å². The van der Waals surface area contributed by atoms with Crippen LogP contribution in [0.5, 0.6) is 0 Å². The Labute approximate surface area is 126 Å². The van der Waals surface area contributed by atoms with Gasteiger partial charge in [0.15, 0.2) is 0 Å². The molecule has 0 unspecified atom stereocenters. The zero-order valence-corrected chi connectivity index (χ0v) is 13.1. The summed E-state index contributed by atoms with van der Waals surface area (Å²) in [6.07, 6.45) is 0. The third-order valence-electron chi connectivity index (χ3n) is 3.96. The third-order valence-corrected chi connectivity index (χ3v) is 3.96. The van der Waals surface area contributed by atoms with Crippen LogP contribution < -0.4 is 10.5 Å². The highest BCUT2D eigenvalue weighted by molar-refractivity contribution is 5.62. The molecule has 112 valence electrons. The van der Waals surface area contributed by atoms with E-state index in [4.69, 9.17) is 0 Å². The van der Waals surface area contributed by atoms with E-state index in [9.17, 15) is 4.79 Å². The van der Waals surface area contributed by atoms with E-state index >= 15 is 0 Å². The third kappa shape index (κ3) is 3.79. The van der Waals surface area contributed by atoms with Crippen LogP contribution in [0.3, 0.4) is 0 Å². The molecule has 0 spiro atoms. The number of hydrogen-bond acceptors (Lipinski definition) is 2. The van der Waals surface area contributed by atoms with Gasteiger partial charge in [0.05, 0.1) is 31.9 Å². The summed E-state index contributed by atoms with van der Waals surface area (Å²) >= 11 is 0. The Balaban J connectivity index is 2.26. The summed E-state index contributed by atoms with van der Waals surface area (Å²) in [5, 5.41) is 4.53. The van der Waals surface area contributed by atoms with Crippen LogP contribution >= 0.6 is 0 Å². The first kappa shape index (κ1) is 15.4. The minimum Gasteiger partial charge on any atom is -0.334 e. The molecule has 0 saturated carbocycles. The van der Waals surface area contributed by atoms with Gasteiger partial charge in [-0.3, -0.25) is 4.79 Å². The Kier molecular flexibility index (Phi) is 5.28. The van der Waals surface area contributed by atoms with Gasteiger partial charge in [-0.05, 0) is 32.4 Å². The minimum atomic E-state index is -0.0288. The molecule has 4 heteroatoms. The summed E-state index contributed by atoms with van der Waals surface area (Å²) in [5.41, 5.74) is 3.09. The number of likely N-dealkylation sites (N-methyl/N-ethyl adjacent to an activating group) is 1. The fraction of sp³-hybridized carbons (Fsp3) is 0.412. The van der Waals surface area contributed by atoms with Crippen LogP contribution in [-0.4, -0.2) is 29.4 Å². The number of benzene rings is 1. The van der Waals surface area contributed by atoms with Crippen molar-refractivity contribution in [2.24, 2.45) is 0 Å². The Morgan fingerprint density at radius 1 is 1.10 bits per heavy atom. The van der Waals surface area contributed by atoms with Crippen molar-refractivity contribution in [3.8, 4) is 11.3 Å². The lowest BCUT2D eigenvalue weighted by Gasteiger charge is -2.16. The molecule has 1 aromatic heterocycles. The maximum Gasteiger partial charge on any atom is 0.266 e. The Morgan fingerprint density at radius 3 is 2.48 bits per heavy atom. The molecule has 0 bridgehead atoms. The summed E-state index contributed by atoms with van der Waals surface area (Å²) in [5.74, 6) is 0. The normalized spacial score (nSPS) is 11.0. The van der Waals surface area contributed by atoms with Gasteiger partial charge < -0.3 is 4.90 Å². The predicted molar refractivity (Wildman–Crippen MR) is 85.6 cm³/mol. The first-order valence-corrected chi connectivity index (χ1v) is 7.63. The van der Waals surface area contributed by atoms with Gasteiger partial charge in [-0.25, -0.2) is 4.68 Å². The largest absolute Gasteiger partial charge is 0.334 e. The second-order valence-electron chi connectivity index (χ2n) is 5.30. The number of quaternary nitrogens is 1. The number of hydrogen-bond donors (Lipinski definition) is 1. The maximum absolute atomic E-state index is 12.0. The molecule has 1 heterocycles. The number of aryl methyl sites for hydroxylation is 1. The fourth-order valence-electron chi connectivity index (χ4n) is 2.48. The van der Waals surface area contributed by atoms with Gasteiger partial charge in [-0.15, -0.1) is 0 Å². The molecule has 0 aliphatic heterocycles. The van der Waals surface area contributed by atoms with E-state index in [0.29, 0.717) is 6.54 Å². The summed E-state index contributed by atoms with van der Waals surface area (Å²) in [6.45, 7) is 10.1. The second-order valence-corrected chi connectivity index (χ2v) is 5.30. The molecule has 0 aliphatic carbocycles. The zero-order valence-electron chi connectivity index (χ0n) is 13.1. The van der Waals surface area contributed by atoms with Crippen molar-refractivity contribution in [2.75, 3.05) is 19.6 Å². The van der Waals surface area contributed by atoms with Gasteiger partial charge >= 0.3 is 0 Å². The van der Waals surface area contributed by atoms with E-state index in [1.54, 1.807) is 10.7 Å². The number of aromatic nitrogens is 2. The van der Waals surface area contributed by atoms with Crippen molar-refractivity contribution in [2.45, 2.75) is 27.3 Å². The molecule has 0 radical (unpaired) electrons. The van der Waals surface area contributed by atoms with E-state index in [2.05, 4.69) is 31.9 Å². The van der Waals surface area contributed by atoms with Gasteiger partial charge in [0.25, 0.3) is 5.56 Å². The minimum absolute atomic E-state index is 0.0288. The first-order chi connectivity index (χ1) is 10.2. The van der Waals surface area contributed by atoms with Crippen LogP contribution in [0.25, 0.3) is 11.3 Å². The van der Waals surface area contributed by atoms with Crippen LogP contribution in [-0.2, 0) is 6.54 Å². The van der Waals surface area contributed by atoms with Gasteiger partial charge in [0.2, 0.25) is 0 Å². The quantitative estimate of drug-likeness (QED) is 0.865. The molecule has 0 aliphatic rings. The summed E-state index contributed by atoms with van der Waals surface area (Å²) < 4.78 is 1.59. The maximum atomic E-state index is 12.0. The van der Waals surface area contributed by atoms with Crippen molar-refractivity contribution in [1.29, 1.82) is 0 Å². The molecule has 0 atom stereocenters. The van der Waals surface area contributed by atoms with Gasteiger partial charge in [0.1, 0.15) is 0 Å². The molecule has 0 amide bonds. The molecule has 21 heavy (non-hydrogen) atoms. The van der Waals surface area contributed by atoms with Crippen molar-refractivity contribution in [3.05, 3.63) is 52.3 Å². The average Bonchev–Trinajstić information content (AvgIpc) is 2.50. The van der Waals surface area contributed by atoms with Crippen LogP contribution in [0.4, 0.5) is 0 Å². The van der Waals surface area contributed by atoms with Crippen LogP contribution in [0.15, 0.2) is 41.2 Å². The Bertz CT molecular complexity index is 644. The molecule has 1 aromatic carbocycles. The zero-order chi connectivity index (χ0) is 15.2. The topological polar surface area (TPSA) is 39.3 Å². The highest BCUT2D eigenvalue weighted by Crippen LogP contribution is 2.19. The summed E-state index contributed by atoms with van der Waals surface area (Å²) in [7, 11) is 0. The molecule has 1 N–H and O–H groups in total. The van der Waals surface area contributed by atoms with E-state index in [1.807, 2.05) is 24.3 Å². The van der Waals surface area contributed by atoms with Crippen LogP contribution in [0.1, 0.15) is 19.4 Å². The standard InChI is InChI=1S/C17H23N3O/c1-4-19(5-2)12-13-20-17(21)11-10-16(18-20)15-9-7-6-8-14(15)3/h6-11H,4-5,12-13H2,1-3H3/p+1. The highest BCUT2D eigenvalue weighted by Gasteiger charge is 2.08.